The molecule has 1 atom stereocenters. The summed E-state index contributed by atoms with van der Waals surface area (Å²) in [7, 11) is 0. The van der Waals surface area contributed by atoms with Crippen LogP contribution in [0.4, 0.5) is 0 Å². The quantitative estimate of drug-likeness (QED) is 0.884. The van der Waals surface area contributed by atoms with Crippen LogP contribution in [0.3, 0.4) is 0 Å². The van der Waals surface area contributed by atoms with Crippen LogP contribution < -0.4 is 9.47 Å². The molecule has 0 aromatic heterocycles. The van der Waals surface area contributed by atoms with Gasteiger partial charge in [0.05, 0.1) is 0 Å². The van der Waals surface area contributed by atoms with Gasteiger partial charge in [0.15, 0.2) is 11.5 Å². The summed E-state index contributed by atoms with van der Waals surface area (Å²) in [5.41, 5.74) is 0.931. The van der Waals surface area contributed by atoms with Crippen molar-refractivity contribution < 1.29 is 14.6 Å². The van der Waals surface area contributed by atoms with Crippen molar-refractivity contribution >= 4 is 0 Å². The molecule has 5 nitrogen and oxygen atoms in total. The standard InChI is InChI=1S/C15H20N2O3/c18-13-7-15-14(19-10-20-15)6-11(13)8-16-4-5-17-3-1-2-12(17)9-16/h6-7,12,18H,1-5,8-10H2. The summed E-state index contributed by atoms with van der Waals surface area (Å²) < 4.78 is 10.7. The summed E-state index contributed by atoms with van der Waals surface area (Å²) in [6, 6.07) is 4.29. The van der Waals surface area contributed by atoms with Crippen molar-refractivity contribution in [1.29, 1.82) is 0 Å². The third kappa shape index (κ3) is 2.11. The summed E-state index contributed by atoms with van der Waals surface area (Å²) in [5, 5.41) is 10.1. The van der Waals surface area contributed by atoms with E-state index in [0.29, 0.717) is 17.5 Å². The van der Waals surface area contributed by atoms with Crippen LogP contribution in [0.5, 0.6) is 17.2 Å². The van der Waals surface area contributed by atoms with Gasteiger partial charge < -0.3 is 14.6 Å². The van der Waals surface area contributed by atoms with Gasteiger partial charge in [0.2, 0.25) is 6.79 Å². The zero-order valence-corrected chi connectivity index (χ0v) is 11.5. The van der Waals surface area contributed by atoms with Crippen LogP contribution in [0.25, 0.3) is 0 Å². The van der Waals surface area contributed by atoms with E-state index in [1.165, 1.54) is 19.4 Å². The maximum absolute atomic E-state index is 10.1. The Morgan fingerprint density at radius 1 is 1.15 bits per heavy atom. The zero-order valence-electron chi connectivity index (χ0n) is 11.5. The fourth-order valence-corrected chi connectivity index (χ4v) is 3.54. The number of aromatic hydroxyl groups is 1. The minimum Gasteiger partial charge on any atom is -0.507 e. The van der Waals surface area contributed by atoms with Crippen LogP contribution in [0.1, 0.15) is 18.4 Å². The van der Waals surface area contributed by atoms with Crippen molar-refractivity contribution in [3.8, 4) is 17.2 Å². The molecule has 1 N–H and O–H groups in total. The number of phenolic OH excluding ortho intramolecular Hbond substituents is 1. The molecule has 4 rings (SSSR count). The van der Waals surface area contributed by atoms with Crippen LogP contribution in [0.2, 0.25) is 0 Å². The summed E-state index contributed by atoms with van der Waals surface area (Å²) in [6.07, 6.45) is 2.64. The van der Waals surface area contributed by atoms with Crippen molar-refractivity contribution in [1.82, 2.24) is 9.80 Å². The largest absolute Gasteiger partial charge is 0.507 e. The van der Waals surface area contributed by atoms with E-state index < -0.39 is 0 Å². The molecule has 0 amide bonds. The predicted octanol–water partition coefficient (Wildman–Crippen LogP) is 1.40. The first-order chi connectivity index (χ1) is 9.79. The number of nitrogens with zero attached hydrogens (tertiary/aromatic N) is 2. The Morgan fingerprint density at radius 2 is 2.00 bits per heavy atom. The third-order valence-corrected chi connectivity index (χ3v) is 4.64. The SMILES string of the molecule is Oc1cc2c(cc1CN1CCN3CCCC3C1)OCO2. The Labute approximate surface area is 118 Å². The minimum absolute atomic E-state index is 0.249. The number of hydrogen-bond donors (Lipinski definition) is 1. The van der Waals surface area contributed by atoms with Crippen molar-refractivity contribution in [3.05, 3.63) is 17.7 Å². The molecule has 3 heterocycles. The molecule has 0 bridgehead atoms. The molecule has 0 saturated carbocycles. The highest BCUT2D eigenvalue weighted by molar-refractivity contribution is 5.51. The number of rotatable bonds is 2. The molecule has 2 saturated heterocycles. The number of hydrogen-bond acceptors (Lipinski definition) is 5. The second kappa shape index (κ2) is 4.82. The second-order valence-corrected chi connectivity index (χ2v) is 5.90. The van der Waals surface area contributed by atoms with E-state index in [9.17, 15) is 5.11 Å². The Hall–Kier alpha value is -1.46. The Morgan fingerprint density at radius 3 is 2.90 bits per heavy atom. The molecule has 5 heteroatoms. The van der Waals surface area contributed by atoms with E-state index in [4.69, 9.17) is 9.47 Å². The van der Waals surface area contributed by atoms with Gasteiger partial charge in [-0.3, -0.25) is 9.80 Å². The van der Waals surface area contributed by atoms with E-state index in [-0.39, 0.29) is 6.79 Å². The predicted molar refractivity (Wildman–Crippen MR) is 74.1 cm³/mol. The number of phenols is 1. The van der Waals surface area contributed by atoms with Crippen molar-refractivity contribution in [3.63, 3.8) is 0 Å². The molecule has 3 aliphatic rings. The van der Waals surface area contributed by atoms with Crippen molar-refractivity contribution in [2.45, 2.75) is 25.4 Å². The lowest BCUT2D eigenvalue weighted by atomic mass is 10.1. The molecular weight excluding hydrogens is 256 g/mol. The first-order valence-corrected chi connectivity index (χ1v) is 7.37. The number of fused-ring (bicyclic) bond motifs is 2. The van der Waals surface area contributed by atoms with Gasteiger partial charge in [-0.05, 0) is 25.5 Å². The van der Waals surface area contributed by atoms with E-state index >= 15 is 0 Å². The minimum atomic E-state index is 0.249. The Balaban J connectivity index is 1.49. The highest BCUT2D eigenvalue weighted by Crippen LogP contribution is 2.38. The molecule has 20 heavy (non-hydrogen) atoms. The summed E-state index contributed by atoms with van der Waals surface area (Å²) in [4.78, 5) is 5.03. The van der Waals surface area contributed by atoms with Gasteiger partial charge in [-0.2, -0.15) is 0 Å². The molecule has 1 aromatic carbocycles. The molecule has 0 radical (unpaired) electrons. The first kappa shape index (κ1) is 12.3. The first-order valence-electron chi connectivity index (χ1n) is 7.37. The topological polar surface area (TPSA) is 45.2 Å². The molecular formula is C15H20N2O3. The maximum atomic E-state index is 10.1. The zero-order chi connectivity index (χ0) is 13.5. The molecule has 1 aromatic rings. The molecule has 0 aliphatic carbocycles. The normalized spacial score (nSPS) is 25.9. The summed E-state index contributed by atoms with van der Waals surface area (Å²) in [5.74, 6) is 1.70. The van der Waals surface area contributed by atoms with Gasteiger partial charge in [0.1, 0.15) is 5.75 Å². The van der Waals surface area contributed by atoms with E-state index in [0.717, 1.165) is 37.5 Å². The average Bonchev–Trinajstić information content (AvgIpc) is 3.06. The van der Waals surface area contributed by atoms with Gasteiger partial charge >= 0.3 is 0 Å². The number of benzene rings is 1. The lowest BCUT2D eigenvalue weighted by molar-refractivity contribution is 0.0987. The summed E-state index contributed by atoms with van der Waals surface area (Å²) in [6.45, 7) is 5.62. The van der Waals surface area contributed by atoms with E-state index in [1.54, 1.807) is 6.07 Å². The number of piperazine rings is 1. The van der Waals surface area contributed by atoms with Crippen LogP contribution in [-0.2, 0) is 6.54 Å². The third-order valence-electron chi connectivity index (χ3n) is 4.64. The highest BCUT2D eigenvalue weighted by Gasteiger charge is 2.30. The lowest BCUT2D eigenvalue weighted by Gasteiger charge is -2.37. The second-order valence-electron chi connectivity index (χ2n) is 5.90. The maximum Gasteiger partial charge on any atom is 0.231 e. The van der Waals surface area contributed by atoms with Crippen molar-refractivity contribution in [2.24, 2.45) is 0 Å². The molecule has 108 valence electrons. The van der Waals surface area contributed by atoms with Crippen LogP contribution in [0.15, 0.2) is 12.1 Å². The van der Waals surface area contributed by atoms with Gasteiger partial charge in [-0.15, -0.1) is 0 Å². The van der Waals surface area contributed by atoms with Crippen LogP contribution >= 0.6 is 0 Å². The molecule has 2 fully saturated rings. The van der Waals surface area contributed by atoms with Gasteiger partial charge in [-0.1, -0.05) is 0 Å². The average molecular weight is 276 g/mol. The fraction of sp³-hybridized carbons (Fsp3) is 0.600. The highest BCUT2D eigenvalue weighted by atomic mass is 16.7. The van der Waals surface area contributed by atoms with Crippen molar-refractivity contribution in [2.75, 3.05) is 33.0 Å². The van der Waals surface area contributed by atoms with E-state index in [2.05, 4.69) is 9.80 Å². The van der Waals surface area contributed by atoms with Crippen LogP contribution in [-0.4, -0.2) is 53.9 Å². The van der Waals surface area contributed by atoms with Crippen LogP contribution in [0, 0.1) is 0 Å². The van der Waals surface area contributed by atoms with Gasteiger partial charge in [0, 0.05) is 43.9 Å². The summed E-state index contributed by atoms with van der Waals surface area (Å²) >= 11 is 0. The smallest absolute Gasteiger partial charge is 0.231 e. The number of ether oxygens (including phenoxy) is 2. The lowest BCUT2D eigenvalue weighted by Crippen LogP contribution is -2.49. The van der Waals surface area contributed by atoms with E-state index in [1.807, 2.05) is 6.07 Å². The Bertz CT molecular complexity index is 520. The Kier molecular flexibility index (Phi) is 2.97. The van der Waals surface area contributed by atoms with Gasteiger partial charge in [0.25, 0.3) is 0 Å². The van der Waals surface area contributed by atoms with Gasteiger partial charge in [-0.25, -0.2) is 0 Å². The monoisotopic (exact) mass is 276 g/mol. The molecule has 1 unspecified atom stereocenters. The molecule has 3 aliphatic heterocycles. The fourth-order valence-electron chi connectivity index (χ4n) is 3.54. The molecule has 0 spiro atoms.